The van der Waals surface area contributed by atoms with E-state index in [1.807, 2.05) is 0 Å². The molecule has 3 amide bonds. The van der Waals surface area contributed by atoms with Gasteiger partial charge in [-0.3, -0.25) is 14.4 Å². The van der Waals surface area contributed by atoms with Crippen LogP contribution in [-0.2, 0) is 26.9 Å². The highest BCUT2D eigenvalue weighted by atomic mass is 35.5. The van der Waals surface area contributed by atoms with Gasteiger partial charge in [0.05, 0.1) is 23.4 Å². The van der Waals surface area contributed by atoms with Gasteiger partial charge in [0.15, 0.2) is 0 Å². The van der Waals surface area contributed by atoms with Crippen molar-refractivity contribution in [1.82, 2.24) is 10.6 Å². The lowest BCUT2D eigenvalue weighted by Gasteiger charge is -2.26. The third-order valence-electron chi connectivity index (χ3n) is 6.79. The number of hydrogen-bond donors (Lipinski definition) is 2. The van der Waals surface area contributed by atoms with E-state index in [-0.39, 0.29) is 41.2 Å². The van der Waals surface area contributed by atoms with Gasteiger partial charge in [-0.25, -0.2) is 4.39 Å². The number of hydrogen-bond acceptors (Lipinski definition) is 6. The van der Waals surface area contributed by atoms with Crippen LogP contribution in [-0.4, -0.2) is 63.0 Å². The van der Waals surface area contributed by atoms with Crippen molar-refractivity contribution in [1.29, 1.82) is 0 Å². The van der Waals surface area contributed by atoms with Crippen molar-refractivity contribution in [2.75, 3.05) is 31.8 Å². The van der Waals surface area contributed by atoms with Gasteiger partial charge in [-0.15, -0.1) is 13.2 Å². The molecule has 0 saturated carbocycles. The lowest BCUT2D eigenvalue weighted by atomic mass is 10.0. The molecule has 0 spiro atoms. The molecule has 2 atom stereocenters. The van der Waals surface area contributed by atoms with E-state index in [1.165, 1.54) is 42.3 Å². The standard InChI is InChI=1S/C30H25ClF7N3O6/c1-45-11-10-41-23-9-6-17(31)13-25(23)46-15-22(28(41)44)40-27(43)21(12-16-4-2-3-5-24(16)47-30(36,37)38)39-26(42)19-8-7-18(32)14-20(19)29(33,34)35/h2-9,13-14,21-22H,10-12,15H2,1H3,(H,39,42)(H,40,43)/t21-,22-/m1/s1. The highest BCUT2D eigenvalue weighted by Crippen LogP contribution is 2.35. The number of ether oxygens (including phenoxy) is 3. The molecule has 0 aromatic heterocycles. The fourth-order valence-electron chi connectivity index (χ4n) is 4.68. The van der Waals surface area contributed by atoms with Gasteiger partial charge < -0.3 is 29.7 Å². The third kappa shape index (κ3) is 9.04. The quantitative estimate of drug-likeness (QED) is 0.280. The van der Waals surface area contributed by atoms with Crippen molar-refractivity contribution in [3.63, 3.8) is 0 Å². The van der Waals surface area contributed by atoms with Gasteiger partial charge in [-0.05, 0) is 42.0 Å². The highest BCUT2D eigenvalue weighted by molar-refractivity contribution is 6.30. The van der Waals surface area contributed by atoms with Crippen molar-refractivity contribution in [2.45, 2.75) is 31.0 Å². The number of rotatable bonds is 10. The lowest BCUT2D eigenvalue weighted by Crippen LogP contribution is -2.56. The molecule has 0 saturated heterocycles. The summed E-state index contributed by atoms with van der Waals surface area (Å²) in [5.41, 5.74) is -2.71. The summed E-state index contributed by atoms with van der Waals surface area (Å²) in [7, 11) is 1.39. The number of alkyl halides is 6. The first-order valence-corrected chi connectivity index (χ1v) is 14.0. The Balaban J connectivity index is 1.68. The Bertz CT molecular complexity index is 1640. The second-order valence-corrected chi connectivity index (χ2v) is 10.5. The summed E-state index contributed by atoms with van der Waals surface area (Å²) in [4.78, 5) is 41.7. The third-order valence-corrected chi connectivity index (χ3v) is 7.03. The monoisotopic (exact) mass is 691 g/mol. The zero-order valence-electron chi connectivity index (χ0n) is 24.2. The van der Waals surface area contributed by atoms with Crippen LogP contribution in [0.25, 0.3) is 0 Å². The Morgan fingerprint density at radius 2 is 1.79 bits per heavy atom. The first kappa shape index (κ1) is 35.3. The molecule has 3 aromatic carbocycles. The number of fused-ring (bicyclic) bond motifs is 1. The molecule has 17 heteroatoms. The summed E-state index contributed by atoms with van der Waals surface area (Å²) in [5, 5.41) is 4.73. The summed E-state index contributed by atoms with van der Waals surface area (Å²) < 4.78 is 109. The fourth-order valence-corrected chi connectivity index (χ4v) is 4.84. The Morgan fingerprint density at radius 3 is 2.47 bits per heavy atom. The number of carbonyl (C=O) groups excluding carboxylic acids is 3. The lowest BCUT2D eigenvalue weighted by molar-refractivity contribution is -0.274. The van der Waals surface area contributed by atoms with Crippen LogP contribution >= 0.6 is 11.6 Å². The molecule has 0 unspecified atom stereocenters. The van der Waals surface area contributed by atoms with E-state index in [9.17, 15) is 45.1 Å². The number of nitrogens with zero attached hydrogens (tertiary/aromatic N) is 1. The number of carbonyl (C=O) groups is 3. The van der Waals surface area contributed by atoms with Crippen molar-refractivity contribution < 1.29 is 59.3 Å². The summed E-state index contributed by atoms with van der Waals surface area (Å²) >= 11 is 6.07. The largest absolute Gasteiger partial charge is 0.573 e. The molecule has 3 aromatic rings. The maximum absolute atomic E-state index is 13.7. The summed E-state index contributed by atoms with van der Waals surface area (Å²) in [6.45, 7) is -0.415. The minimum absolute atomic E-state index is 0.00714. The molecule has 0 fully saturated rings. The van der Waals surface area contributed by atoms with Crippen LogP contribution in [0.3, 0.4) is 0 Å². The van der Waals surface area contributed by atoms with E-state index in [2.05, 4.69) is 15.4 Å². The molecule has 1 aliphatic rings. The van der Waals surface area contributed by atoms with Crippen LogP contribution in [0.4, 0.5) is 36.4 Å². The van der Waals surface area contributed by atoms with Gasteiger partial charge in [0.2, 0.25) is 5.91 Å². The number of nitrogens with one attached hydrogen (secondary N) is 2. The number of amides is 3. The van der Waals surface area contributed by atoms with Gasteiger partial charge in [0.25, 0.3) is 11.8 Å². The van der Waals surface area contributed by atoms with Gasteiger partial charge in [0, 0.05) is 31.2 Å². The predicted molar refractivity (Wildman–Crippen MR) is 153 cm³/mol. The molecule has 0 aliphatic carbocycles. The average molecular weight is 692 g/mol. The number of benzene rings is 3. The Labute approximate surface area is 267 Å². The average Bonchev–Trinajstić information content (AvgIpc) is 3.10. The maximum atomic E-state index is 13.7. The summed E-state index contributed by atoms with van der Waals surface area (Å²) in [6.07, 6.45) is -11.1. The molecule has 47 heavy (non-hydrogen) atoms. The van der Waals surface area contributed by atoms with Crippen LogP contribution in [0.1, 0.15) is 21.5 Å². The van der Waals surface area contributed by atoms with E-state index < -0.39 is 78.1 Å². The molecule has 0 bridgehead atoms. The van der Waals surface area contributed by atoms with E-state index in [4.69, 9.17) is 21.1 Å². The SMILES string of the molecule is COCCN1C(=O)[C@H](NC(=O)[C@@H](Cc2ccccc2OC(F)(F)F)NC(=O)c2ccc(F)cc2C(F)(F)F)COc2cc(Cl)ccc21. The van der Waals surface area contributed by atoms with Gasteiger partial charge in [-0.2, -0.15) is 13.2 Å². The van der Waals surface area contributed by atoms with Crippen molar-refractivity contribution in [3.05, 3.63) is 88.2 Å². The Morgan fingerprint density at radius 1 is 1.06 bits per heavy atom. The van der Waals surface area contributed by atoms with Crippen LogP contribution in [0, 0.1) is 5.82 Å². The van der Waals surface area contributed by atoms with E-state index >= 15 is 0 Å². The molecular formula is C30H25ClF7N3O6. The van der Waals surface area contributed by atoms with Crippen LogP contribution < -0.4 is 25.0 Å². The zero-order chi connectivity index (χ0) is 34.5. The van der Waals surface area contributed by atoms with E-state index in [0.29, 0.717) is 12.1 Å². The second kappa shape index (κ2) is 14.5. The topological polar surface area (TPSA) is 106 Å². The molecular weight excluding hydrogens is 667 g/mol. The molecule has 1 aliphatic heterocycles. The van der Waals surface area contributed by atoms with Gasteiger partial charge in [-0.1, -0.05) is 29.8 Å². The second-order valence-electron chi connectivity index (χ2n) is 10.0. The molecule has 2 N–H and O–H groups in total. The first-order chi connectivity index (χ1) is 22.1. The van der Waals surface area contributed by atoms with Crippen LogP contribution in [0.15, 0.2) is 60.7 Å². The molecule has 9 nitrogen and oxygen atoms in total. The first-order valence-electron chi connectivity index (χ1n) is 13.6. The fraction of sp³-hybridized carbons (Fsp3) is 0.300. The Kier molecular flexibility index (Phi) is 10.9. The molecule has 1 heterocycles. The zero-order valence-corrected chi connectivity index (χ0v) is 24.9. The van der Waals surface area contributed by atoms with Crippen molar-refractivity contribution in [2.24, 2.45) is 0 Å². The number of halogens is 8. The molecule has 0 radical (unpaired) electrons. The number of anilines is 1. The van der Waals surface area contributed by atoms with Gasteiger partial charge >= 0.3 is 12.5 Å². The predicted octanol–water partition coefficient (Wildman–Crippen LogP) is 5.29. The normalized spacial score (nSPS) is 15.6. The Hall–Kier alpha value is -4.57. The van der Waals surface area contributed by atoms with Crippen LogP contribution in [0.2, 0.25) is 5.02 Å². The molecule has 252 valence electrons. The number of methoxy groups -OCH3 is 1. The summed E-state index contributed by atoms with van der Waals surface area (Å²) in [5.74, 6) is -5.25. The summed E-state index contributed by atoms with van der Waals surface area (Å²) in [6, 6.07) is 6.86. The smallest absolute Gasteiger partial charge is 0.489 e. The number of para-hydroxylation sites is 1. The van der Waals surface area contributed by atoms with E-state index in [0.717, 1.165) is 12.1 Å². The maximum Gasteiger partial charge on any atom is 0.573 e. The minimum atomic E-state index is -5.19. The van der Waals surface area contributed by atoms with Crippen LogP contribution in [0.5, 0.6) is 11.5 Å². The van der Waals surface area contributed by atoms with Crippen molar-refractivity contribution >= 4 is 35.0 Å². The minimum Gasteiger partial charge on any atom is -0.489 e. The highest BCUT2D eigenvalue weighted by Gasteiger charge is 2.39. The van der Waals surface area contributed by atoms with E-state index in [1.54, 1.807) is 0 Å². The van der Waals surface area contributed by atoms with Crippen molar-refractivity contribution in [3.8, 4) is 11.5 Å². The molecule has 4 rings (SSSR count). The van der Waals surface area contributed by atoms with Gasteiger partial charge in [0.1, 0.15) is 36.0 Å².